The van der Waals surface area contributed by atoms with Crippen molar-refractivity contribution < 1.29 is 18.0 Å². The van der Waals surface area contributed by atoms with Gasteiger partial charge in [-0.3, -0.25) is 13.9 Å². The summed E-state index contributed by atoms with van der Waals surface area (Å²) in [6.45, 7) is 3.33. The van der Waals surface area contributed by atoms with E-state index in [4.69, 9.17) is 23.2 Å². The number of nitrogens with zero attached hydrogens (tertiary/aromatic N) is 2. The van der Waals surface area contributed by atoms with Crippen molar-refractivity contribution in [3.63, 3.8) is 0 Å². The summed E-state index contributed by atoms with van der Waals surface area (Å²) in [6, 6.07) is 28.0. The van der Waals surface area contributed by atoms with Gasteiger partial charge in [0, 0.05) is 23.5 Å². The number of nitrogens with one attached hydrogen (secondary N) is 1. The molecule has 0 radical (unpaired) electrons. The van der Waals surface area contributed by atoms with Gasteiger partial charge in [0.25, 0.3) is 10.0 Å². The van der Waals surface area contributed by atoms with Crippen molar-refractivity contribution in [2.45, 2.75) is 50.2 Å². The van der Waals surface area contributed by atoms with E-state index >= 15 is 0 Å². The second-order valence-electron chi connectivity index (χ2n) is 10.6. The zero-order chi connectivity index (χ0) is 32.6. The molecule has 0 aliphatic heterocycles. The molecule has 0 aromatic heterocycles. The third-order valence-electron chi connectivity index (χ3n) is 7.32. The van der Waals surface area contributed by atoms with Crippen LogP contribution in [0.2, 0.25) is 10.0 Å². The molecular formula is C34H34BrCl2N3O4S. The number of carbonyl (C=O) groups excluding carboxylic acids is 2. The maximum absolute atomic E-state index is 14.5. The second kappa shape index (κ2) is 15.8. The lowest BCUT2D eigenvalue weighted by Gasteiger charge is -2.34. The van der Waals surface area contributed by atoms with Crippen LogP contribution in [0.3, 0.4) is 0 Å². The lowest BCUT2D eigenvalue weighted by Crippen LogP contribution is -2.54. The summed E-state index contributed by atoms with van der Waals surface area (Å²) in [5, 5.41) is 3.41. The fraction of sp³-hybridized carbons (Fsp3) is 0.235. The monoisotopic (exact) mass is 729 g/mol. The Balaban J connectivity index is 1.82. The van der Waals surface area contributed by atoms with Crippen LogP contribution >= 0.6 is 39.1 Å². The highest BCUT2D eigenvalue weighted by Gasteiger charge is 2.35. The Hall–Kier alpha value is -3.37. The number of hydrogen-bond acceptors (Lipinski definition) is 4. The minimum absolute atomic E-state index is 0.00207. The van der Waals surface area contributed by atoms with Crippen LogP contribution in [0.1, 0.15) is 31.4 Å². The van der Waals surface area contributed by atoms with E-state index in [1.54, 1.807) is 18.2 Å². The van der Waals surface area contributed by atoms with E-state index in [9.17, 15) is 18.0 Å². The van der Waals surface area contributed by atoms with Gasteiger partial charge in [-0.25, -0.2) is 8.42 Å². The number of sulfonamides is 1. The Morgan fingerprint density at radius 2 is 1.49 bits per heavy atom. The highest BCUT2D eigenvalue weighted by Crippen LogP contribution is 2.31. The van der Waals surface area contributed by atoms with Crippen molar-refractivity contribution in [2.24, 2.45) is 0 Å². The van der Waals surface area contributed by atoms with Crippen molar-refractivity contribution >= 4 is 66.7 Å². The molecule has 0 saturated heterocycles. The molecule has 4 aromatic rings. The fourth-order valence-electron chi connectivity index (χ4n) is 4.72. The van der Waals surface area contributed by atoms with Crippen LogP contribution in [-0.4, -0.2) is 43.8 Å². The van der Waals surface area contributed by atoms with Crippen LogP contribution in [-0.2, 0) is 32.6 Å². The molecule has 2 atom stereocenters. The van der Waals surface area contributed by atoms with Gasteiger partial charge in [-0.05, 0) is 66.9 Å². The largest absolute Gasteiger partial charge is 0.352 e. The Morgan fingerprint density at radius 3 is 2.11 bits per heavy atom. The van der Waals surface area contributed by atoms with Crippen LogP contribution in [0, 0.1) is 0 Å². The van der Waals surface area contributed by atoms with E-state index in [0.717, 1.165) is 19.9 Å². The van der Waals surface area contributed by atoms with Crippen LogP contribution in [0.15, 0.2) is 112 Å². The number of anilines is 1. The Bertz CT molecular complexity index is 1730. The second-order valence-corrected chi connectivity index (χ2v) is 14.2. The number of carbonyl (C=O) groups is 2. The average molecular weight is 732 g/mol. The van der Waals surface area contributed by atoms with Gasteiger partial charge in [0.05, 0.1) is 20.6 Å². The van der Waals surface area contributed by atoms with Gasteiger partial charge in [-0.1, -0.05) is 107 Å². The molecule has 2 amide bonds. The van der Waals surface area contributed by atoms with Gasteiger partial charge >= 0.3 is 0 Å². The highest BCUT2D eigenvalue weighted by atomic mass is 79.9. The number of amides is 2. The first-order chi connectivity index (χ1) is 21.5. The molecule has 4 rings (SSSR count). The Morgan fingerprint density at radius 1 is 0.844 bits per heavy atom. The summed E-state index contributed by atoms with van der Waals surface area (Å²) in [6.07, 6.45) is 0.921. The average Bonchev–Trinajstić information content (AvgIpc) is 3.03. The van der Waals surface area contributed by atoms with Gasteiger partial charge in [0.15, 0.2) is 0 Å². The summed E-state index contributed by atoms with van der Waals surface area (Å²) in [5.41, 5.74) is 1.78. The molecule has 0 bridgehead atoms. The number of benzene rings is 4. The molecule has 1 N–H and O–H groups in total. The molecule has 0 fully saturated rings. The number of halogens is 3. The van der Waals surface area contributed by atoms with Gasteiger partial charge in [0.1, 0.15) is 12.6 Å². The summed E-state index contributed by atoms with van der Waals surface area (Å²) < 4.78 is 29.9. The summed E-state index contributed by atoms with van der Waals surface area (Å²) >= 11 is 16.0. The van der Waals surface area contributed by atoms with Gasteiger partial charge < -0.3 is 10.2 Å². The molecule has 0 saturated carbocycles. The third-order valence-corrected chi connectivity index (χ3v) is 10.3. The lowest BCUT2D eigenvalue weighted by molar-refractivity contribution is -0.140. The van der Waals surface area contributed by atoms with E-state index in [0.29, 0.717) is 6.42 Å². The normalized spacial score (nSPS) is 12.6. The standard InChI is InChI=1S/C34H34BrCl2N3O4S/c1-3-24(2)38-34(42)32(20-25-11-6-4-7-12-25)39(22-26-13-10-14-27(35)19-26)33(41)23-40(28-17-18-30(36)31(37)21-28)45(43,44)29-15-8-5-9-16-29/h4-19,21,24,32H,3,20,22-23H2,1-2H3,(H,38,42)/t24-,32+/m0/s1. The molecule has 0 aliphatic carbocycles. The first kappa shape index (κ1) is 34.5. The quantitative estimate of drug-likeness (QED) is 0.154. The van der Waals surface area contributed by atoms with E-state index in [1.807, 2.05) is 68.4 Å². The van der Waals surface area contributed by atoms with Crippen LogP contribution in [0.5, 0.6) is 0 Å². The Kier molecular flexibility index (Phi) is 12.1. The molecule has 0 aliphatic rings. The van der Waals surface area contributed by atoms with E-state index < -0.39 is 28.5 Å². The maximum Gasteiger partial charge on any atom is 0.264 e. The minimum atomic E-state index is -4.24. The first-order valence-corrected chi connectivity index (χ1v) is 17.4. The predicted molar refractivity (Wildman–Crippen MR) is 184 cm³/mol. The maximum atomic E-state index is 14.5. The van der Waals surface area contributed by atoms with E-state index in [1.165, 1.54) is 35.2 Å². The SMILES string of the molecule is CC[C@H](C)NC(=O)[C@@H](Cc1ccccc1)N(Cc1cccc(Br)c1)C(=O)CN(c1ccc(Cl)c(Cl)c1)S(=O)(=O)c1ccccc1. The van der Waals surface area contributed by atoms with Crippen molar-refractivity contribution in [1.82, 2.24) is 10.2 Å². The number of rotatable bonds is 13. The lowest BCUT2D eigenvalue weighted by atomic mass is 10.0. The molecule has 0 spiro atoms. The van der Waals surface area contributed by atoms with Crippen molar-refractivity contribution in [1.29, 1.82) is 0 Å². The van der Waals surface area contributed by atoms with E-state index in [2.05, 4.69) is 21.2 Å². The van der Waals surface area contributed by atoms with Gasteiger partial charge in [-0.15, -0.1) is 0 Å². The Labute approximate surface area is 283 Å². The molecule has 236 valence electrons. The smallest absolute Gasteiger partial charge is 0.264 e. The molecule has 7 nitrogen and oxygen atoms in total. The van der Waals surface area contributed by atoms with Crippen LogP contribution in [0.4, 0.5) is 5.69 Å². The molecule has 0 heterocycles. The van der Waals surface area contributed by atoms with E-state index in [-0.39, 0.29) is 45.5 Å². The molecule has 4 aromatic carbocycles. The van der Waals surface area contributed by atoms with Gasteiger partial charge in [-0.2, -0.15) is 0 Å². The van der Waals surface area contributed by atoms with Crippen LogP contribution in [0.25, 0.3) is 0 Å². The third kappa shape index (κ3) is 9.10. The molecule has 45 heavy (non-hydrogen) atoms. The zero-order valence-electron chi connectivity index (χ0n) is 24.9. The number of hydrogen-bond donors (Lipinski definition) is 1. The highest BCUT2D eigenvalue weighted by molar-refractivity contribution is 9.10. The first-order valence-electron chi connectivity index (χ1n) is 14.4. The van der Waals surface area contributed by atoms with Crippen LogP contribution < -0.4 is 9.62 Å². The molecule has 11 heteroatoms. The van der Waals surface area contributed by atoms with Crippen molar-refractivity contribution in [2.75, 3.05) is 10.8 Å². The summed E-state index contributed by atoms with van der Waals surface area (Å²) in [4.78, 5) is 29.9. The predicted octanol–water partition coefficient (Wildman–Crippen LogP) is 7.51. The summed E-state index contributed by atoms with van der Waals surface area (Å²) in [7, 11) is -4.24. The van der Waals surface area contributed by atoms with Crippen molar-refractivity contribution in [3.8, 4) is 0 Å². The molecular weight excluding hydrogens is 697 g/mol. The topological polar surface area (TPSA) is 86.8 Å². The van der Waals surface area contributed by atoms with Gasteiger partial charge in [0.2, 0.25) is 11.8 Å². The van der Waals surface area contributed by atoms with Crippen molar-refractivity contribution in [3.05, 3.63) is 129 Å². The zero-order valence-corrected chi connectivity index (χ0v) is 28.8. The fourth-order valence-corrected chi connectivity index (χ4v) is 6.88. The summed E-state index contributed by atoms with van der Waals surface area (Å²) in [5.74, 6) is -0.899. The minimum Gasteiger partial charge on any atom is -0.352 e. The molecule has 0 unspecified atom stereocenters.